The lowest BCUT2D eigenvalue weighted by atomic mass is 10.1. The molecule has 1 aromatic rings. The smallest absolute Gasteiger partial charge is 0.414 e. The van der Waals surface area contributed by atoms with E-state index in [0.29, 0.717) is 6.54 Å². The third-order valence-electron chi connectivity index (χ3n) is 4.09. The molecule has 1 aromatic heterocycles. The van der Waals surface area contributed by atoms with Gasteiger partial charge in [-0.25, -0.2) is 14.4 Å². The van der Waals surface area contributed by atoms with Gasteiger partial charge in [0.05, 0.1) is 0 Å². The van der Waals surface area contributed by atoms with Gasteiger partial charge >= 0.3 is 17.6 Å². The number of nitrogens with zero attached hydrogens (tertiary/aromatic N) is 3. The van der Waals surface area contributed by atoms with Gasteiger partial charge in [-0.2, -0.15) is 0 Å². The summed E-state index contributed by atoms with van der Waals surface area (Å²) in [5.74, 6) is -3.65. The first kappa shape index (κ1) is 20.6. The van der Waals surface area contributed by atoms with Crippen LogP contribution in [0.2, 0.25) is 0 Å². The van der Waals surface area contributed by atoms with Gasteiger partial charge < -0.3 is 15.1 Å². The Morgan fingerprint density at radius 3 is 2.12 bits per heavy atom. The lowest BCUT2D eigenvalue weighted by molar-refractivity contribution is -0.159. The Bertz CT molecular complexity index is 704. The Morgan fingerprint density at radius 2 is 1.60 bits per heavy atom. The molecule has 9 nitrogen and oxygen atoms in total. The monoisotopic (exact) mass is 355 g/mol. The van der Waals surface area contributed by atoms with Crippen LogP contribution in [0.5, 0.6) is 0 Å². The molecule has 1 saturated heterocycles. The minimum Gasteiger partial charge on any atom is -0.473 e. The van der Waals surface area contributed by atoms with Gasteiger partial charge in [0, 0.05) is 25.4 Å². The number of likely N-dealkylation sites (tertiary alicyclic amines) is 1. The fourth-order valence-corrected chi connectivity index (χ4v) is 2.69. The highest BCUT2D eigenvalue weighted by Crippen LogP contribution is 2.08. The van der Waals surface area contributed by atoms with Crippen molar-refractivity contribution >= 4 is 11.9 Å². The topological polar surface area (TPSA) is 122 Å². The second kappa shape index (κ2) is 9.77. The van der Waals surface area contributed by atoms with Crippen molar-refractivity contribution in [2.75, 3.05) is 19.6 Å². The van der Waals surface area contributed by atoms with Gasteiger partial charge in [0.15, 0.2) is 0 Å². The minimum absolute atomic E-state index is 0.205. The molecule has 140 valence electrons. The molecule has 2 N–H and O–H groups in total. The Balaban J connectivity index is 0.000000450. The van der Waals surface area contributed by atoms with Gasteiger partial charge in [-0.15, -0.1) is 0 Å². The van der Waals surface area contributed by atoms with E-state index in [1.807, 2.05) is 6.92 Å². The molecule has 2 heterocycles. The summed E-state index contributed by atoms with van der Waals surface area (Å²) >= 11 is 0. The van der Waals surface area contributed by atoms with Crippen LogP contribution in [0, 0.1) is 6.92 Å². The van der Waals surface area contributed by atoms with Gasteiger partial charge in [0.1, 0.15) is 0 Å². The Kier molecular flexibility index (Phi) is 8.06. The number of hydrogen-bond donors (Lipinski definition) is 2. The van der Waals surface area contributed by atoms with Crippen LogP contribution in [0.25, 0.3) is 0 Å². The average molecular weight is 355 g/mol. The SMILES string of the molecule is Cc1cc(=O)n(C)c(=O)n1CCCN1CCCCC1.O=C(O)C(=O)O. The largest absolute Gasteiger partial charge is 0.473 e. The van der Waals surface area contributed by atoms with Crippen LogP contribution >= 0.6 is 0 Å². The van der Waals surface area contributed by atoms with Gasteiger partial charge in [-0.05, 0) is 45.8 Å². The molecule has 1 aliphatic rings. The third-order valence-corrected chi connectivity index (χ3v) is 4.09. The summed E-state index contributed by atoms with van der Waals surface area (Å²) in [7, 11) is 1.53. The summed E-state index contributed by atoms with van der Waals surface area (Å²) in [5, 5.41) is 14.8. The maximum Gasteiger partial charge on any atom is 0.414 e. The Morgan fingerprint density at radius 1 is 1.04 bits per heavy atom. The second-order valence-corrected chi connectivity index (χ2v) is 5.98. The average Bonchev–Trinajstić information content (AvgIpc) is 2.57. The molecule has 0 spiro atoms. The molecule has 0 amide bonds. The van der Waals surface area contributed by atoms with E-state index in [9.17, 15) is 9.59 Å². The van der Waals surface area contributed by atoms with Crippen molar-refractivity contribution < 1.29 is 19.8 Å². The van der Waals surface area contributed by atoms with Gasteiger partial charge in [0.2, 0.25) is 0 Å². The molecule has 2 rings (SSSR count). The molecule has 0 bridgehead atoms. The van der Waals surface area contributed by atoms with Crippen molar-refractivity contribution in [3.63, 3.8) is 0 Å². The summed E-state index contributed by atoms with van der Waals surface area (Å²) in [4.78, 5) is 44.1. The van der Waals surface area contributed by atoms with E-state index >= 15 is 0 Å². The molecule has 0 saturated carbocycles. The van der Waals surface area contributed by atoms with Crippen molar-refractivity contribution in [2.45, 2.75) is 39.2 Å². The highest BCUT2D eigenvalue weighted by molar-refractivity contribution is 6.27. The molecule has 9 heteroatoms. The van der Waals surface area contributed by atoms with Crippen LogP contribution < -0.4 is 11.2 Å². The van der Waals surface area contributed by atoms with Gasteiger partial charge in [0.25, 0.3) is 5.56 Å². The first-order valence-electron chi connectivity index (χ1n) is 8.20. The molecule has 1 fully saturated rings. The van der Waals surface area contributed by atoms with Crippen molar-refractivity contribution in [3.8, 4) is 0 Å². The van der Waals surface area contributed by atoms with Crippen LogP contribution in [-0.4, -0.2) is 55.8 Å². The summed E-state index contributed by atoms with van der Waals surface area (Å²) in [6, 6.07) is 1.53. The summed E-state index contributed by atoms with van der Waals surface area (Å²) in [6.45, 7) is 5.91. The zero-order valence-electron chi connectivity index (χ0n) is 14.6. The fraction of sp³-hybridized carbons (Fsp3) is 0.625. The second-order valence-electron chi connectivity index (χ2n) is 5.98. The van der Waals surface area contributed by atoms with Gasteiger partial charge in [-0.1, -0.05) is 6.42 Å². The number of aryl methyl sites for hydroxylation is 1. The number of hydrogen-bond acceptors (Lipinski definition) is 5. The zero-order chi connectivity index (χ0) is 19.0. The maximum atomic E-state index is 12.0. The van der Waals surface area contributed by atoms with E-state index in [2.05, 4.69) is 4.90 Å². The molecule has 0 unspecified atom stereocenters. The van der Waals surface area contributed by atoms with E-state index in [-0.39, 0.29) is 11.2 Å². The lowest BCUT2D eigenvalue weighted by Gasteiger charge is -2.26. The quantitative estimate of drug-likeness (QED) is 0.722. The molecule has 0 aromatic carbocycles. The number of carboxylic acids is 2. The Hall–Kier alpha value is -2.42. The molecule has 25 heavy (non-hydrogen) atoms. The summed E-state index contributed by atoms with van der Waals surface area (Å²) < 4.78 is 2.87. The number of aliphatic carboxylic acids is 2. The minimum atomic E-state index is -1.82. The normalized spacial score (nSPS) is 14.5. The lowest BCUT2D eigenvalue weighted by Crippen LogP contribution is -2.39. The van der Waals surface area contributed by atoms with E-state index in [0.717, 1.165) is 18.7 Å². The van der Waals surface area contributed by atoms with E-state index in [4.69, 9.17) is 19.8 Å². The van der Waals surface area contributed by atoms with Crippen LogP contribution in [0.4, 0.5) is 0 Å². The Labute approximate surface area is 145 Å². The maximum absolute atomic E-state index is 12.0. The van der Waals surface area contributed by atoms with Gasteiger partial charge in [-0.3, -0.25) is 13.9 Å². The predicted molar refractivity (Wildman–Crippen MR) is 90.9 cm³/mol. The number of aromatic nitrogens is 2. The number of carboxylic acid groups (broad SMARTS) is 2. The number of rotatable bonds is 4. The molecular weight excluding hydrogens is 330 g/mol. The van der Waals surface area contributed by atoms with E-state index in [1.165, 1.54) is 50.0 Å². The highest BCUT2D eigenvalue weighted by Gasteiger charge is 2.10. The standard InChI is InChI=1S/C14H23N3O2.C2H2O4/c1-12-11-13(18)15(2)14(19)17(12)10-6-9-16-7-4-3-5-8-16;3-1(4)2(5)6/h11H,3-10H2,1-2H3;(H,3,4)(H,5,6). The first-order valence-corrected chi connectivity index (χ1v) is 8.20. The molecule has 1 aliphatic heterocycles. The van der Waals surface area contributed by atoms with E-state index in [1.54, 1.807) is 4.57 Å². The fourth-order valence-electron chi connectivity index (χ4n) is 2.69. The summed E-state index contributed by atoms with van der Waals surface area (Å²) in [5.41, 5.74) is 0.324. The summed E-state index contributed by atoms with van der Waals surface area (Å²) in [6.07, 6.45) is 4.88. The van der Waals surface area contributed by atoms with Crippen LogP contribution in [0.15, 0.2) is 15.7 Å². The van der Waals surface area contributed by atoms with E-state index < -0.39 is 11.9 Å². The van der Waals surface area contributed by atoms with Crippen molar-refractivity contribution in [1.82, 2.24) is 14.0 Å². The van der Waals surface area contributed by atoms with Crippen molar-refractivity contribution in [1.29, 1.82) is 0 Å². The molecule has 0 atom stereocenters. The van der Waals surface area contributed by atoms with Crippen LogP contribution in [0.3, 0.4) is 0 Å². The zero-order valence-corrected chi connectivity index (χ0v) is 14.6. The van der Waals surface area contributed by atoms with Crippen molar-refractivity contribution in [3.05, 3.63) is 32.6 Å². The van der Waals surface area contributed by atoms with Crippen LogP contribution in [-0.2, 0) is 23.2 Å². The number of piperidine rings is 1. The van der Waals surface area contributed by atoms with Crippen LogP contribution in [0.1, 0.15) is 31.4 Å². The molecule has 0 aliphatic carbocycles. The molecular formula is C16H25N3O6. The predicted octanol–water partition coefficient (Wildman–Crippen LogP) is -0.113. The van der Waals surface area contributed by atoms with Crippen molar-refractivity contribution in [2.24, 2.45) is 7.05 Å². The highest BCUT2D eigenvalue weighted by atomic mass is 16.4. The first-order chi connectivity index (χ1) is 11.7. The third kappa shape index (κ3) is 6.54. The molecule has 0 radical (unpaired) electrons. The number of carbonyl (C=O) groups is 2.